The lowest BCUT2D eigenvalue weighted by atomic mass is 10.0. The Hall–Kier alpha value is -2.12. The molecule has 26 heavy (non-hydrogen) atoms. The molecule has 0 aliphatic heterocycles. The first-order valence-corrected chi connectivity index (χ1v) is 9.12. The maximum atomic E-state index is 13.3. The summed E-state index contributed by atoms with van der Waals surface area (Å²) in [5.74, 6) is 0.632. The molecule has 1 aromatic heterocycles. The third-order valence-electron chi connectivity index (χ3n) is 3.67. The largest absolute Gasteiger partial charge is 0.346 e. The number of halogens is 1. The summed E-state index contributed by atoms with van der Waals surface area (Å²) in [6.07, 6.45) is 1.14. The SMILES string of the molecule is CC(C)ON[C@H](C(=O)N[C@H](C)c1nc2ccc(F)cc2s1)C(C)C=C=O. The minimum atomic E-state index is -0.756. The van der Waals surface area contributed by atoms with Crippen molar-refractivity contribution in [3.63, 3.8) is 0 Å². The van der Waals surface area contributed by atoms with Gasteiger partial charge in [-0.3, -0.25) is 9.63 Å². The lowest BCUT2D eigenvalue weighted by molar-refractivity contribution is -0.131. The van der Waals surface area contributed by atoms with Crippen LogP contribution in [0.1, 0.15) is 38.7 Å². The summed E-state index contributed by atoms with van der Waals surface area (Å²) >= 11 is 1.32. The van der Waals surface area contributed by atoms with Crippen molar-refractivity contribution in [3.05, 3.63) is 35.1 Å². The molecule has 0 aliphatic rings. The van der Waals surface area contributed by atoms with Crippen molar-refractivity contribution in [3.8, 4) is 0 Å². The molecule has 140 valence electrons. The number of fused-ring (bicyclic) bond motifs is 1. The first-order chi connectivity index (χ1) is 12.3. The van der Waals surface area contributed by atoms with Gasteiger partial charge in [-0.05, 0) is 39.0 Å². The number of hydrogen-bond donors (Lipinski definition) is 2. The first-order valence-electron chi connectivity index (χ1n) is 8.30. The molecular formula is C18H22FN3O3S. The normalized spacial score (nSPS) is 14.7. The van der Waals surface area contributed by atoms with Crippen LogP contribution < -0.4 is 10.8 Å². The maximum absolute atomic E-state index is 13.3. The van der Waals surface area contributed by atoms with E-state index in [9.17, 15) is 14.0 Å². The Kier molecular flexibility index (Phi) is 6.99. The number of aromatic nitrogens is 1. The van der Waals surface area contributed by atoms with Crippen molar-refractivity contribution < 1.29 is 18.8 Å². The molecule has 1 amide bonds. The number of hydrogen-bond acceptors (Lipinski definition) is 6. The summed E-state index contributed by atoms with van der Waals surface area (Å²) in [5, 5.41) is 3.53. The number of amides is 1. The van der Waals surface area contributed by atoms with Gasteiger partial charge in [0, 0.05) is 12.0 Å². The lowest BCUT2D eigenvalue weighted by Gasteiger charge is -2.24. The molecule has 0 aliphatic carbocycles. The van der Waals surface area contributed by atoms with Crippen molar-refractivity contribution in [2.24, 2.45) is 5.92 Å². The number of hydroxylamine groups is 1. The van der Waals surface area contributed by atoms with Crippen LogP contribution in [-0.2, 0) is 14.4 Å². The van der Waals surface area contributed by atoms with E-state index >= 15 is 0 Å². The molecule has 2 aromatic rings. The van der Waals surface area contributed by atoms with Gasteiger partial charge in [0.25, 0.3) is 0 Å². The van der Waals surface area contributed by atoms with E-state index in [2.05, 4.69) is 15.8 Å². The van der Waals surface area contributed by atoms with Crippen molar-refractivity contribution in [2.75, 3.05) is 0 Å². The van der Waals surface area contributed by atoms with Gasteiger partial charge in [0.1, 0.15) is 22.8 Å². The zero-order valence-electron chi connectivity index (χ0n) is 15.1. The summed E-state index contributed by atoms with van der Waals surface area (Å²) < 4.78 is 14.0. The van der Waals surface area contributed by atoms with E-state index in [4.69, 9.17) is 4.84 Å². The van der Waals surface area contributed by atoms with Gasteiger partial charge >= 0.3 is 0 Å². The highest BCUT2D eigenvalue weighted by Crippen LogP contribution is 2.27. The number of thiazole rings is 1. The molecule has 2 N–H and O–H groups in total. The second kappa shape index (κ2) is 9.00. The fourth-order valence-electron chi connectivity index (χ4n) is 2.28. The number of nitrogens with one attached hydrogen (secondary N) is 2. The van der Waals surface area contributed by atoms with Gasteiger partial charge in [0.15, 0.2) is 0 Å². The highest BCUT2D eigenvalue weighted by atomic mass is 32.1. The number of benzene rings is 1. The quantitative estimate of drug-likeness (QED) is 0.544. The van der Waals surface area contributed by atoms with E-state index in [-0.39, 0.29) is 23.9 Å². The highest BCUT2D eigenvalue weighted by molar-refractivity contribution is 7.18. The average Bonchev–Trinajstić information content (AvgIpc) is 2.98. The number of nitrogens with zero attached hydrogens (tertiary/aromatic N) is 1. The van der Waals surface area contributed by atoms with Crippen LogP contribution in [0.2, 0.25) is 0 Å². The average molecular weight is 379 g/mol. The Balaban J connectivity index is 2.13. The Morgan fingerprint density at radius 1 is 1.35 bits per heavy atom. The maximum Gasteiger partial charge on any atom is 0.240 e. The molecule has 0 fully saturated rings. The van der Waals surface area contributed by atoms with E-state index < -0.39 is 12.0 Å². The first kappa shape index (κ1) is 20.2. The monoisotopic (exact) mass is 379 g/mol. The molecule has 1 heterocycles. The topological polar surface area (TPSA) is 80.3 Å². The van der Waals surface area contributed by atoms with E-state index in [0.717, 1.165) is 4.70 Å². The second-order valence-electron chi connectivity index (χ2n) is 6.30. The fraction of sp³-hybridized carbons (Fsp3) is 0.444. The van der Waals surface area contributed by atoms with Crippen molar-refractivity contribution >= 4 is 33.4 Å². The van der Waals surface area contributed by atoms with Gasteiger partial charge < -0.3 is 5.32 Å². The van der Waals surface area contributed by atoms with Gasteiger partial charge in [0.05, 0.1) is 22.4 Å². The number of carbonyl (C=O) groups excluding carboxylic acids is 2. The van der Waals surface area contributed by atoms with Gasteiger partial charge in [-0.25, -0.2) is 14.2 Å². The third-order valence-corrected chi connectivity index (χ3v) is 4.87. The number of rotatable bonds is 8. The fourth-order valence-corrected chi connectivity index (χ4v) is 3.27. The second-order valence-corrected chi connectivity index (χ2v) is 7.36. The van der Waals surface area contributed by atoms with Crippen LogP contribution in [0.5, 0.6) is 0 Å². The Morgan fingerprint density at radius 2 is 2.08 bits per heavy atom. The minimum absolute atomic E-state index is 0.130. The molecule has 8 heteroatoms. The van der Waals surface area contributed by atoms with Gasteiger partial charge in [-0.2, -0.15) is 5.48 Å². The molecule has 6 nitrogen and oxygen atoms in total. The zero-order chi connectivity index (χ0) is 19.3. The third kappa shape index (κ3) is 5.19. The van der Waals surface area contributed by atoms with Gasteiger partial charge in [-0.15, -0.1) is 11.3 Å². The molecule has 1 aromatic carbocycles. The van der Waals surface area contributed by atoms with Crippen LogP contribution in [0, 0.1) is 11.7 Å². The van der Waals surface area contributed by atoms with Crippen LogP contribution in [0.3, 0.4) is 0 Å². The van der Waals surface area contributed by atoms with Crippen molar-refractivity contribution in [1.82, 2.24) is 15.8 Å². The smallest absolute Gasteiger partial charge is 0.240 e. The predicted molar refractivity (Wildman–Crippen MR) is 98.7 cm³/mol. The molecule has 0 radical (unpaired) electrons. The molecular weight excluding hydrogens is 357 g/mol. The van der Waals surface area contributed by atoms with Gasteiger partial charge in [0.2, 0.25) is 5.91 Å². The van der Waals surface area contributed by atoms with E-state index in [0.29, 0.717) is 10.5 Å². The summed E-state index contributed by atoms with van der Waals surface area (Å²) in [6.45, 7) is 7.17. The summed E-state index contributed by atoms with van der Waals surface area (Å²) in [7, 11) is 0. The van der Waals surface area contributed by atoms with Gasteiger partial charge in [-0.1, -0.05) is 6.92 Å². The Labute approximate surface area is 155 Å². The van der Waals surface area contributed by atoms with Crippen LogP contribution in [-0.4, -0.2) is 29.0 Å². The summed E-state index contributed by atoms with van der Waals surface area (Å²) in [6, 6.07) is 3.25. The van der Waals surface area contributed by atoms with Crippen LogP contribution >= 0.6 is 11.3 Å². The van der Waals surface area contributed by atoms with Crippen molar-refractivity contribution in [1.29, 1.82) is 0 Å². The predicted octanol–water partition coefficient (Wildman–Crippen LogP) is 2.93. The lowest BCUT2D eigenvalue weighted by Crippen LogP contribution is -2.48. The molecule has 0 spiro atoms. The molecule has 2 rings (SSSR count). The molecule has 0 bridgehead atoms. The van der Waals surface area contributed by atoms with Crippen molar-refractivity contribution in [2.45, 2.75) is 45.9 Å². The van der Waals surface area contributed by atoms with Crippen LogP contribution in [0.15, 0.2) is 24.3 Å². The van der Waals surface area contributed by atoms with E-state index in [1.54, 1.807) is 25.9 Å². The zero-order valence-corrected chi connectivity index (χ0v) is 15.9. The van der Waals surface area contributed by atoms with E-state index in [1.807, 2.05) is 13.8 Å². The molecule has 0 saturated heterocycles. The molecule has 0 saturated carbocycles. The standard InChI is InChI=1S/C18H22FN3O3S/c1-10(2)25-22-16(11(3)7-8-23)17(24)20-12(4)18-21-14-6-5-13(19)9-15(14)26-18/h5-7,9-12,16,22H,1-4H3,(H,20,24)/t11?,12-,16+/m1/s1. The summed E-state index contributed by atoms with van der Waals surface area (Å²) in [4.78, 5) is 33.0. The Bertz CT molecular complexity index is 817. The number of carbonyl (C=O) groups is 1. The highest BCUT2D eigenvalue weighted by Gasteiger charge is 2.26. The van der Waals surface area contributed by atoms with E-state index in [1.165, 1.54) is 29.5 Å². The van der Waals surface area contributed by atoms with Crippen LogP contribution in [0.4, 0.5) is 4.39 Å². The Morgan fingerprint density at radius 3 is 2.73 bits per heavy atom. The minimum Gasteiger partial charge on any atom is -0.346 e. The van der Waals surface area contributed by atoms with Crippen LogP contribution in [0.25, 0.3) is 10.2 Å². The molecule has 3 atom stereocenters. The molecule has 1 unspecified atom stereocenters. The summed E-state index contributed by atoms with van der Waals surface area (Å²) in [5.41, 5.74) is 3.39.